The average Bonchev–Trinajstić information content (AvgIpc) is 3.01. The van der Waals surface area contributed by atoms with Crippen molar-refractivity contribution in [1.82, 2.24) is 15.0 Å². The van der Waals surface area contributed by atoms with Gasteiger partial charge in [0.25, 0.3) is 0 Å². The van der Waals surface area contributed by atoms with Crippen molar-refractivity contribution in [3.8, 4) is 45.7 Å². The SMILES string of the molecule is CC.CCCCCCCCOc1ccc(-c2nc(-c3ccc(C)cc3C)nc(-c3ccc(C)cc3C)n2)c(OCCCC)c1. The van der Waals surface area contributed by atoms with Gasteiger partial charge < -0.3 is 9.47 Å². The standard InChI is InChI=1S/C37H47N3O2.C2H6/c1-7-9-11-12-13-14-22-41-30-17-20-33(34(25-30)42-21-10-8-2)37-39-35(31-18-15-26(3)23-28(31)5)38-36(40-37)32-19-16-27(4)24-29(32)6;1-2/h15-20,23-25H,7-14,21-22H2,1-6H3;1-2H3. The summed E-state index contributed by atoms with van der Waals surface area (Å²) in [6, 6.07) is 18.8. The summed E-state index contributed by atoms with van der Waals surface area (Å²) >= 11 is 0. The summed E-state index contributed by atoms with van der Waals surface area (Å²) in [7, 11) is 0. The number of aromatic nitrogens is 3. The molecule has 1 aromatic heterocycles. The quantitative estimate of drug-likeness (QED) is 0.128. The first kappa shape index (κ1) is 34.8. The third-order valence-corrected chi connectivity index (χ3v) is 7.60. The Morgan fingerprint density at radius 2 is 0.977 bits per heavy atom. The minimum atomic E-state index is 0.601. The molecule has 0 unspecified atom stereocenters. The Morgan fingerprint density at radius 1 is 0.500 bits per heavy atom. The van der Waals surface area contributed by atoms with Crippen LogP contribution < -0.4 is 9.47 Å². The van der Waals surface area contributed by atoms with Crippen molar-refractivity contribution in [1.29, 1.82) is 0 Å². The van der Waals surface area contributed by atoms with Gasteiger partial charge in [-0.05, 0) is 63.8 Å². The van der Waals surface area contributed by atoms with Crippen molar-refractivity contribution in [3.63, 3.8) is 0 Å². The maximum absolute atomic E-state index is 6.33. The maximum Gasteiger partial charge on any atom is 0.167 e. The average molecular weight is 596 g/mol. The monoisotopic (exact) mass is 595 g/mol. The summed E-state index contributed by atoms with van der Waals surface area (Å²) in [6.07, 6.45) is 9.45. The van der Waals surface area contributed by atoms with E-state index in [1.54, 1.807) is 0 Å². The predicted molar refractivity (Wildman–Crippen MR) is 186 cm³/mol. The summed E-state index contributed by atoms with van der Waals surface area (Å²) in [6.45, 7) is 18.2. The zero-order valence-electron chi connectivity index (χ0n) is 28.4. The van der Waals surface area contributed by atoms with Crippen molar-refractivity contribution >= 4 is 0 Å². The number of hydrogen-bond donors (Lipinski definition) is 0. The molecule has 0 aliphatic rings. The van der Waals surface area contributed by atoms with Gasteiger partial charge in [0.1, 0.15) is 11.5 Å². The van der Waals surface area contributed by atoms with Crippen LogP contribution in [-0.2, 0) is 0 Å². The molecule has 236 valence electrons. The van der Waals surface area contributed by atoms with E-state index >= 15 is 0 Å². The van der Waals surface area contributed by atoms with Gasteiger partial charge in [-0.1, -0.05) is 114 Å². The van der Waals surface area contributed by atoms with Gasteiger partial charge in [0.2, 0.25) is 0 Å². The summed E-state index contributed by atoms with van der Waals surface area (Å²) in [4.78, 5) is 15.0. The molecular formula is C39H53N3O2. The molecule has 1 heterocycles. The van der Waals surface area contributed by atoms with Crippen LogP contribution in [0.2, 0.25) is 0 Å². The second-order valence-electron chi connectivity index (χ2n) is 11.4. The molecule has 44 heavy (non-hydrogen) atoms. The van der Waals surface area contributed by atoms with Crippen LogP contribution in [0.4, 0.5) is 0 Å². The van der Waals surface area contributed by atoms with E-state index < -0.39 is 0 Å². The Labute approximate surface area is 266 Å². The fourth-order valence-electron chi connectivity index (χ4n) is 5.16. The van der Waals surface area contributed by atoms with E-state index in [0.29, 0.717) is 30.7 Å². The van der Waals surface area contributed by atoms with Crippen LogP contribution >= 0.6 is 0 Å². The van der Waals surface area contributed by atoms with Gasteiger partial charge >= 0.3 is 0 Å². The lowest BCUT2D eigenvalue weighted by molar-refractivity contribution is 0.292. The molecule has 0 radical (unpaired) electrons. The Kier molecular flexibility index (Phi) is 14.3. The zero-order valence-corrected chi connectivity index (χ0v) is 28.4. The smallest absolute Gasteiger partial charge is 0.167 e. The molecule has 0 amide bonds. The van der Waals surface area contributed by atoms with Crippen molar-refractivity contribution in [2.24, 2.45) is 0 Å². The lowest BCUT2D eigenvalue weighted by atomic mass is 10.0. The summed E-state index contributed by atoms with van der Waals surface area (Å²) in [5.74, 6) is 3.49. The molecule has 4 aromatic rings. The highest BCUT2D eigenvalue weighted by molar-refractivity contribution is 5.72. The molecular weight excluding hydrogens is 542 g/mol. The molecule has 4 rings (SSSR count). The van der Waals surface area contributed by atoms with Gasteiger partial charge in [0.05, 0.1) is 18.8 Å². The van der Waals surface area contributed by atoms with Crippen LogP contribution in [0.15, 0.2) is 54.6 Å². The molecule has 0 aliphatic heterocycles. The topological polar surface area (TPSA) is 57.1 Å². The number of unbranched alkanes of at least 4 members (excludes halogenated alkanes) is 6. The molecule has 0 saturated heterocycles. The van der Waals surface area contributed by atoms with Gasteiger partial charge in [-0.25, -0.2) is 15.0 Å². The first-order valence-corrected chi connectivity index (χ1v) is 16.7. The lowest BCUT2D eigenvalue weighted by Gasteiger charge is -2.15. The van der Waals surface area contributed by atoms with Crippen LogP contribution in [0.1, 0.15) is 101 Å². The number of benzene rings is 3. The third kappa shape index (κ3) is 9.90. The van der Waals surface area contributed by atoms with Crippen LogP contribution in [-0.4, -0.2) is 28.2 Å². The molecule has 0 spiro atoms. The van der Waals surface area contributed by atoms with Gasteiger partial charge in [0.15, 0.2) is 17.5 Å². The Bertz CT molecular complexity index is 1390. The highest BCUT2D eigenvalue weighted by atomic mass is 16.5. The molecule has 0 bridgehead atoms. The highest BCUT2D eigenvalue weighted by Gasteiger charge is 2.18. The van der Waals surface area contributed by atoms with Crippen molar-refractivity contribution < 1.29 is 9.47 Å². The Balaban J connectivity index is 0.00000259. The number of hydrogen-bond acceptors (Lipinski definition) is 5. The second kappa shape index (κ2) is 18.2. The Morgan fingerprint density at radius 3 is 1.52 bits per heavy atom. The molecule has 0 saturated carbocycles. The van der Waals surface area contributed by atoms with E-state index in [9.17, 15) is 0 Å². The minimum Gasteiger partial charge on any atom is -0.493 e. The van der Waals surface area contributed by atoms with Crippen molar-refractivity contribution in [3.05, 3.63) is 76.9 Å². The number of aryl methyl sites for hydroxylation is 4. The lowest BCUT2D eigenvalue weighted by Crippen LogP contribution is -2.05. The fourth-order valence-corrected chi connectivity index (χ4v) is 5.16. The fraction of sp³-hybridized carbons (Fsp3) is 0.462. The summed E-state index contributed by atoms with van der Waals surface area (Å²) in [5.41, 5.74) is 7.54. The molecule has 3 aromatic carbocycles. The first-order valence-electron chi connectivity index (χ1n) is 16.7. The van der Waals surface area contributed by atoms with Crippen LogP contribution in [0, 0.1) is 27.7 Å². The minimum absolute atomic E-state index is 0.601. The van der Waals surface area contributed by atoms with E-state index in [1.165, 1.54) is 43.2 Å². The van der Waals surface area contributed by atoms with Crippen LogP contribution in [0.25, 0.3) is 34.2 Å². The number of ether oxygens (including phenoxy) is 2. The highest BCUT2D eigenvalue weighted by Crippen LogP contribution is 2.35. The molecule has 5 heteroatoms. The van der Waals surface area contributed by atoms with Crippen LogP contribution in [0.5, 0.6) is 11.5 Å². The zero-order chi connectivity index (χ0) is 31.9. The summed E-state index contributed by atoms with van der Waals surface area (Å²) in [5, 5.41) is 0. The third-order valence-electron chi connectivity index (χ3n) is 7.60. The second-order valence-corrected chi connectivity index (χ2v) is 11.4. The van der Waals surface area contributed by atoms with Gasteiger partial charge in [-0.2, -0.15) is 0 Å². The van der Waals surface area contributed by atoms with E-state index in [-0.39, 0.29) is 0 Å². The van der Waals surface area contributed by atoms with Gasteiger partial charge in [-0.3, -0.25) is 0 Å². The van der Waals surface area contributed by atoms with E-state index in [1.807, 2.05) is 32.0 Å². The van der Waals surface area contributed by atoms with Crippen molar-refractivity contribution in [2.45, 2.75) is 107 Å². The van der Waals surface area contributed by atoms with Crippen LogP contribution in [0.3, 0.4) is 0 Å². The molecule has 0 atom stereocenters. The maximum atomic E-state index is 6.33. The molecule has 0 N–H and O–H groups in total. The normalized spacial score (nSPS) is 10.7. The van der Waals surface area contributed by atoms with Crippen molar-refractivity contribution in [2.75, 3.05) is 13.2 Å². The number of nitrogens with zero attached hydrogens (tertiary/aromatic N) is 3. The Hall–Kier alpha value is -3.73. The molecule has 0 fully saturated rings. The van der Waals surface area contributed by atoms with E-state index in [2.05, 4.69) is 77.9 Å². The van der Waals surface area contributed by atoms with Gasteiger partial charge in [0, 0.05) is 17.2 Å². The molecule has 0 aliphatic carbocycles. The van der Waals surface area contributed by atoms with E-state index in [0.717, 1.165) is 58.6 Å². The largest absolute Gasteiger partial charge is 0.493 e. The summed E-state index contributed by atoms with van der Waals surface area (Å²) < 4.78 is 12.5. The van der Waals surface area contributed by atoms with E-state index in [4.69, 9.17) is 24.4 Å². The number of rotatable bonds is 15. The van der Waals surface area contributed by atoms with Gasteiger partial charge in [-0.15, -0.1) is 0 Å². The molecule has 5 nitrogen and oxygen atoms in total. The predicted octanol–water partition coefficient (Wildman–Crippen LogP) is 11.1. The first-order chi connectivity index (χ1) is 21.4.